The molecule has 1 heterocycles. The fraction of sp³-hybridized carbons (Fsp3) is 0.0833. The Balaban J connectivity index is 2.36. The van der Waals surface area contributed by atoms with E-state index in [-0.39, 0.29) is 22.3 Å². The summed E-state index contributed by atoms with van der Waals surface area (Å²) >= 11 is 5.65. The van der Waals surface area contributed by atoms with Crippen LogP contribution in [0.1, 0.15) is 0 Å². The van der Waals surface area contributed by atoms with Crippen LogP contribution in [-0.4, -0.2) is 12.1 Å². The van der Waals surface area contributed by atoms with Crippen molar-refractivity contribution >= 4 is 17.3 Å². The molecule has 0 saturated heterocycles. The highest BCUT2D eigenvalue weighted by Gasteiger charge is 2.11. The number of nitrogens with two attached hydrogens (primary N) is 1. The van der Waals surface area contributed by atoms with Crippen molar-refractivity contribution in [2.45, 2.75) is 0 Å². The second-order valence-electron chi connectivity index (χ2n) is 3.40. The van der Waals surface area contributed by atoms with Crippen LogP contribution in [0.2, 0.25) is 5.02 Å². The van der Waals surface area contributed by atoms with Gasteiger partial charge in [-0.25, -0.2) is 4.39 Å². The number of methoxy groups -OCH3 is 1. The van der Waals surface area contributed by atoms with E-state index in [2.05, 4.69) is 4.98 Å². The zero-order chi connectivity index (χ0) is 13.1. The van der Waals surface area contributed by atoms with E-state index in [1.165, 1.54) is 19.2 Å². The van der Waals surface area contributed by atoms with Gasteiger partial charge in [-0.05, 0) is 18.2 Å². The van der Waals surface area contributed by atoms with Gasteiger partial charge >= 0.3 is 0 Å². The summed E-state index contributed by atoms with van der Waals surface area (Å²) in [5.74, 6) is -0.324. The van der Waals surface area contributed by atoms with Crippen LogP contribution in [-0.2, 0) is 0 Å². The van der Waals surface area contributed by atoms with Crippen LogP contribution in [0.25, 0.3) is 0 Å². The van der Waals surface area contributed by atoms with Gasteiger partial charge in [-0.15, -0.1) is 0 Å². The third-order valence-electron chi connectivity index (χ3n) is 2.20. The normalized spacial score (nSPS) is 10.2. The average molecular weight is 269 g/mol. The molecule has 0 saturated carbocycles. The molecule has 0 atom stereocenters. The van der Waals surface area contributed by atoms with Gasteiger partial charge in [0.05, 0.1) is 17.8 Å². The van der Waals surface area contributed by atoms with Gasteiger partial charge in [-0.3, -0.25) is 0 Å². The molecular weight excluding hydrogens is 259 g/mol. The summed E-state index contributed by atoms with van der Waals surface area (Å²) in [6.07, 6.45) is 0. The summed E-state index contributed by atoms with van der Waals surface area (Å²) in [5, 5.41) is -0.0334. The van der Waals surface area contributed by atoms with Crippen LogP contribution in [0.3, 0.4) is 0 Å². The van der Waals surface area contributed by atoms with Crippen molar-refractivity contribution in [1.82, 2.24) is 4.98 Å². The molecule has 1 aromatic carbocycles. The quantitative estimate of drug-likeness (QED) is 0.928. The third-order valence-corrected chi connectivity index (χ3v) is 2.49. The lowest BCUT2D eigenvalue weighted by Crippen LogP contribution is -1.98. The molecule has 2 N–H and O–H groups in total. The predicted octanol–water partition coefficient (Wildman–Crippen LogP) is 3.26. The van der Waals surface area contributed by atoms with Crippen LogP contribution in [0.5, 0.6) is 17.5 Å². The van der Waals surface area contributed by atoms with Gasteiger partial charge in [0.1, 0.15) is 0 Å². The lowest BCUT2D eigenvalue weighted by Gasteiger charge is -2.09. The van der Waals surface area contributed by atoms with Crippen molar-refractivity contribution in [3.05, 3.63) is 41.2 Å². The fourth-order valence-corrected chi connectivity index (χ4v) is 1.46. The van der Waals surface area contributed by atoms with Crippen LogP contribution < -0.4 is 15.2 Å². The minimum absolute atomic E-state index is 0.0334. The summed E-state index contributed by atoms with van der Waals surface area (Å²) in [5.41, 5.74) is 5.95. The van der Waals surface area contributed by atoms with Gasteiger partial charge in [0, 0.05) is 6.07 Å². The van der Waals surface area contributed by atoms with Gasteiger partial charge in [-0.1, -0.05) is 17.7 Å². The number of nitrogen functional groups attached to an aromatic ring is 1. The number of nitrogens with zero attached hydrogens (tertiary/aromatic N) is 1. The van der Waals surface area contributed by atoms with E-state index in [1.54, 1.807) is 18.2 Å². The molecule has 0 aliphatic carbocycles. The molecule has 18 heavy (non-hydrogen) atoms. The maximum absolute atomic E-state index is 13.6. The molecule has 6 heteroatoms. The third kappa shape index (κ3) is 2.46. The number of benzene rings is 1. The highest BCUT2D eigenvalue weighted by Crippen LogP contribution is 2.31. The van der Waals surface area contributed by atoms with Gasteiger partial charge in [0.25, 0.3) is 0 Å². The van der Waals surface area contributed by atoms with E-state index in [0.29, 0.717) is 5.88 Å². The zero-order valence-electron chi connectivity index (χ0n) is 9.48. The zero-order valence-corrected chi connectivity index (χ0v) is 10.2. The van der Waals surface area contributed by atoms with E-state index in [0.717, 1.165) is 0 Å². The first-order valence-electron chi connectivity index (χ1n) is 5.04. The Morgan fingerprint density at radius 1 is 1.28 bits per heavy atom. The summed E-state index contributed by atoms with van der Waals surface area (Å²) in [4.78, 5) is 3.98. The number of anilines is 1. The van der Waals surface area contributed by atoms with Gasteiger partial charge in [-0.2, -0.15) is 4.98 Å². The topological polar surface area (TPSA) is 57.4 Å². The molecular formula is C12H10ClFN2O2. The number of hydrogen-bond donors (Lipinski definition) is 1. The Morgan fingerprint density at radius 3 is 2.78 bits per heavy atom. The minimum Gasteiger partial charge on any atom is -0.481 e. The molecule has 0 spiro atoms. The maximum Gasteiger partial charge on any atom is 0.246 e. The van der Waals surface area contributed by atoms with Crippen LogP contribution >= 0.6 is 11.6 Å². The van der Waals surface area contributed by atoms with E-state index >= 15 is 0 Å². The van der Waals surface area contributed by atoms with Crippen LogP contribution in [0, 0.1) is 5.82 Å². The highest BCUT2D eigenvalue weighted by molar-refractivity contribution is 6.30. The predicted molar refractivity (Wildman–Crippen MR) is 66.7 cm³/mol. The summed E-state index contributed by atoms with van der Waals surface area (Å²) in [7, 11) is 1.46. The van der Waals surface area contributed by atoms with Crippen LogP contribution in [0.15, 0.2) is 30.3 Å². The molecule has 0 radical (unpaired) electrons. The first kappa shape index (κ1) is 12.4. The van der Waals surface area contributed by atoms with Crippen molar-refractivity contribution in [3.8, 4) is 17.5 Å². The summed E-state index contributed by atoms with van der Waals surface area (Å²) in [6.45, 7) is 0. The van der Waals surface area contributed by atoms with Crippen molar-refractivity contribution < 1.29 is 13.9 Å². The smallest absolute Gasteiger partial charge is 0.246 e. The maximum atomic E-state index is 13.6. The van der Waals surface area contributed by atoms with Crippen LogP contribution in [0.4, 0.5) is 10.1 Å². The Hall–Kier alpha value is -2.01. The Labute approximate surface area is 108 Å². The lowest BCUT2D eigenvalue weighted by molar-refractivity contribution is 0.379. The van der Waals surface area contributed by atoms with Gasteiger partial charge in [0.15, 0.2) is 11.6 Å². The van der Waals surface area contributed by atoms with Gasteiger partial charge in [0.2, 0.25) is 11.8 Å². The number of hydrogen-bond acceptors (Lipinski definition) is 4. The highest BCUT2D eigenvalue weighted by atomic mass is 35.5. The molecule has 0 fully saturated rings. The molecule has 0 unspecified atom stereocenters. The van der Waals surface area contributed by atoms with E-state index in [9.17, 15) is 4.39 Å². The van der Waals surface area contributed by atoms with Crippen molar-refractivity contribution in [3.63, 3.8) is 0 Å². The minimum atomic E-state index is -0.664. The van der Waals surface area contributed by atoms with Crippen molar-refractivity contribution in [2.75, 3.05) is 12.8 Å². The average Bonchev–Trinajstić information content (AvgIpc) is 2.37. The molecule has 0 bridgehead atoms. The number of ether oxygens (including phenoxy) is 2. The molecule has 4 nitrogen and oxygen atoms in total. The monoisotopic (exact) mass is 268 g/mol. The SMILES string of the molecule is COc1ccc(N)c(Oc2cccc(Cl)c2F)n1. The van der Waals surface area contributed by atoms with Gasteiger partial charge < -0.3 is 15.2 Å². The molecule has 94 valence electrons. The molecule has 2 aromatic rings. The first-order chi connectivity index (χ1) is 8.61. The van der Waals surface area contributed by atoms with Crippen molar-refractivity contribution in [1.29, 1.82) is 0 Å². The fourth-order valence-electron chi connectivity index (χ4n) is 1.30. The summed E-state index contributed by atoms with van der Waals surface area (Å²) in [6, 6.07) is 7.56. The number of halogens is 2. The number of pyridine rings is 1. The second-order valence-corrected chi connectivity index (χ2v) is 3.81. The Morgan fingerprint density at radius 2 is 2.06 bits per heavy atom. The number of rotatable bonds is 3. The molecule has 0 amide bonds. The standard InChI is InChI=1S/C12H10ClFN2O2/c1-17-10-6-5-8(15)12(16-10)18-9-4-2-3-7(13)11(9)14/h2-6H,15H2,1H3. The lowest BCUT2D eigenvalue weighted by atomic mass is 10.3. The molecule has 0 aliphatic rings. The van der Waals surface area contributed by atoms with E-state index in [1.807, 2.05) is 0 Å². The number of aromatic nitrogens is 1. The molecule has 0 aliphatic heterocycles. The Kier molecular flexibility index (Phi) is 3.53. The first-order valence-corrected chi connectivity index (χ1v) is 5.42. The van der Waals surface area contributed by atoms with E-state index in [4.69, 9.17) is 26.8 Å². The molecule has 2 rings (SSSR count). The summed E-state index contributed by atoms with van der Waals surface area (Å²) < 4.78 is 23.9. The largest absolute Gasteiger partial charge is 0.481 e. The Bertz CT molecular complexity index is 578. The van der Waals surface area contributed by atoms with E-state index < -0.39 is 5.82 Å². The second kappa shape index (κ2) is 5.10. The molecule has 1 aromatic heterocycles. The van der Waals surface area contributed by atoms with Crippen molar-refractivity contribution in [2.24, 2.45) is 0 Å².